The average molecular weight is 353 g/mol. The molecule has 0 bridgehead atoms. The van der Waals surface area contributed by atoms with Crippen LogP contribution in [0.4, 0.5) is 0 Å². The van der Waals surface area contributed by atoms with Gasteiger partial charge in [0.1, 0.15) is 5.60 Å². The molecule has 1 atom stereocenters. The zero-order valence-corrected chi connectivity index (χ0v) is 15.6. The Morgan fingerprint density at radius 2 is 1.92 bits per heavy atom. The zero-order valence-electron chi connectivity index (χ0n) is 15.6. The molecule has 138 valence electrons. The monoisotopic (exact) mass is 353 g/mol. The van der Waals surface area contributed by atoms with Crippen LogP contribution in [0.1, 0.15) is 69.5 Å². The van der Waals surface area contributed by atoms with Gasteiger partial charge in [0.05, 0.1) is 11.6 Å². The number of ether oxygens (including phenoxy) is 1. The van der Waals surface area contributed by atoms with Crippen LogP contribution in [0.15, 0.2) is 35.4 Å². The van der Waals surface area contributed by atoms with Crippen molar-refractivity contribution in [2.24, 2.45) is 5.92 Å². The zero-order chi connectivity index (χ0) is 18.3. The molecule has 1 amide bonds. The standard InChI is InChI=1S/C22H27NO3/c1-14-10-12-22(13-11-14)19(15(2)21(25)26-22)20(24)23-18-9-5-7-16-6-3-4-8-17(16)18/h3-4,6,8,14,18H,5,7,9-13H2,1-2H3,(H,23,24). The summed E-state index contributed by atoms with van der Waals surface area (Å²) >= 11 is 0. The molecule has 4 rings (SSSR count). The Morgan fingerprint density at radius 3 is 2.69 bits per heavy atom. The Morgan fingerprint density at radius 1 is 1.19 bits per heavy atom. The molecule has 1 N–H and O–H groups in total. The van der Waals surface area contributed by atoms with Gasteiger partial charge in [-0.3, -0.25) is 4.79 Å². The van der Waals surface area contributed by atoms with E-state index >= 15 is 0 Å². The fraction of sp³-hybridized carbons (Fsp3) is 0.545. The highest BCUT2D eigenvalue weighted by molar-refractivity contribution is 6.07. The van der Waals surface area contributed by atoms with E-state index in [-0.39, 0.29) is 17.9 Å². The van der Waals surface area contributed by atoms with Crippen LogP contribution >= 0.6 is 0 Å². The second-order valence-corrected chi connectivity index (χ2v) is 8.18. The van der Waals surface area contributed by atoms with E-state index < -0.39 is 5.60 Å². The number of fused-ring (bicyclic) bond motifs is 1. The average Bonchev–Trinajstić information content (AvgIpc) is 2.88. The highest BCUT2D eigenvalue weighted by Gasteiger charge is 2.50. The molecular weight excluding hydrogens is 326 g/mol. The smallest absolute Gasteiger partial charge is 0.335 e. The van der Waals surface area contributed by atoms with Crippen molar-refractivity contribution in [1.82, 2.24) is 5.32 Å². The molecule has 4 nitrogen and oxygen atoms in total. The first-order chi connectivity index (χ1) is 12.5. The first-order valence-electron chi connectivity index (χ1n) is 9.83. The number of carbonyl (C=O) groups excluding carboxylic acids is 2. The molecule has 3 aliphatic rings. The van der Waals surface area contributed by atoms with E-state index in [2.05, 4.69) is 30.4 Å². The lowest BCUT2D eigenvalue weighted by Gasteiger charge is -2.37. The number of aryl methyl sites for hydroxylation is 1. The van der Waals surface area contributed by atoms with Gasteiger partial charge in [-0.15, -0.1) is 0 Å². The van der Waals surface area contributed by atoms with Crippen molar-refractivity contribution in [3.63, 3.8) is 0 Å². The molecule has 1 heterocycles. The van der Waals surface area contributed by atoms with Crippen LogP contribution in [0.3, 0.4) is 0 Å². The molecule has 1 aromatic rings. The molecular formula is C22H27NO3. The summed E-state index contributed by atoms with van der Waals surface area (Å²) in [6, 6.07) is 8.35. The van der Waals surface area contributed by atoms with Gasteiger partial charge in [0.2, 0.25) is 0 Å². The van der Waals surface area contributed by atoms with Crippen molar-refractivity contribution in [3.05, 3.63) is 46.5 Å². The summed E-state index contributed by atoms with van der Waals surface area (Å²) in [5, 5.41) is 3.22. The predicted molar refractivity (Wildman–Crippen MR) is 99.4 cm³/mol. The SMILES string of the molecule is CC1=C(C(=O)NC2CCCc3ccccc32)C2(CCC(C)CC2)OC1=O. The minimum absolute atomic E-state index is 0.0167. The summed E-state index contributed by atoms with van der Waals surface area (Å²) in [6.45, 7) is 3.96. The number of carbonyl (C=O) groups is 2. The van der Waals surface area contributed by atoms with E-state index in [1.165, 1.54) is 11.1 Å². The molecule has 0 aromatic heterocycles. The Kier molecular flexibility index (Phi) is 4.37. The summed E-state index contributed by atoms with van der Waals surface area (Å²) in [6.07, 6.45) is 6.55. The van der Waals surface area contributed by atoms with Gasteiger partial charge >= 0.3 is 5.97 Å². The van der Waals surface area contributed by atoms with E-state index in [1.807, 2.05) is 6.07 Å². The van der Waals surface area contributed by atoms with E-state index in [4.69, 9.17) is 4.74 Å². The van der Waals surface area contributed by atoms with E-state index in [9.17, 15) is 9.59 Å². The van der Waals surface area contributed by atoms with Crippen molar-refractivity contribution >= 4 is 11.9 Å². The van der Waals surface area contributed by atoms with Gasteiger partial charge < -0.3 is 10.1 Å². The van der Waals surface area contributed by atoms with Gasteiger partial charge in [-0.1, -0.05) is 31.2 Å². The number of rotatable bonds is 2. The third kappa shape index (κ3) is 2.85. The van der Waals surface area contributed by atoms with Crippen LogP contribution in [-0.2, 0) is 20.7 Å². The highest BCUT2D eigenvalue weighted by atomic mass is 16.6. The van der Waals surface area contributed by atoms with Gasteiger partial charge in [-0.05, 0) is 68.9 Å². The van der Waals surface area contributed by atoms with Crippen molar-refractivity contribution in [1.29, 1.82) is 0 Å². The maximum absolute atomic E-state index is 13.2. The topological polar surface area (TPSA) is 55.4 Å². The molecule has 4 heteroatoms. The number of nitrogens with one attached hydrogen (secondary N) is 1. The Balaban J connectivity index is 1.60. The lowest BCUT2D eigenvalue weighted by Crippen LogP contribution is -2.43. The number of hydrogen-bond donors (Lipinski definition) is 1. The molecule has 1 unspecified atom stereocenters. The van der Waals surface area contributed by atoms with Crippen LogP contribution in [0, 0.1) is 5.92 Å². The van der Waals surface area contributed by atoms with E-state index in [0.29, 0.717) is 17.1 Å². The maximum atomic E-state index is 13.2. The van der Waals surface area contributed by atoms with Crippen LogP contribution in [0.2, 0.25) is 0 Å². The summed E-state index contributed by atoms with van der Waals surface area (Å²) in [5.74, 6) is 0.174. The summed E-state index contributed by atoms with van der Waals surface area (Å²) in [5.41, 5.74) is 2.89. The Hall–Kier alpha value is -2.10. The first kappa shape index (κ1) is 17.3. The molecule has 26 heavy (non-hydrogen) atoms. The Labute approximate surface area is 155 Å². The molecule has 2 aliphatic carbocycles. The molecule has 1 fully saturated rings. The lowest BCUT2D eigenvalue weighted by atomic mass is 9.74. The number of amides is 1. The van der Waals surface area contributed by atoms with E-state index in [0.717, 1.165) is 44.9 Å². The molecule has 1 spiro atoms. The third-order valence-electron chi connectivity index (χ3n) is 6.41. The summed E-state index contributed by atoms with van der Waals surface area (Å²) < 4.78 is 5.77. The summed E-state index contributed by atoms with van der Waals surface area (Å²) in [7, 11) is 0. The normalized spacial score (nSPS) is 30.9. The van der Waals surface area contributed by atoms with Crippen LogP contribution < -0.4 is 5.32 Å². The van der Waals surface area contributed by atoms with Crippen molar-refractivity contribution in [3.8, 4) is 0 Å². The van der Waals surface area contributed by atoms with Crippen molar-refractivity contribution in [2.75, 3.05) is 0 Å². The quantitative estimate of drug-likeness (QED) is 0.818. The number of benzene rings is 1. The fourth-order valence-electron chi connectivity index (χ4n) is 4.84. The molecule has 1 saturated carbocycles. The fourth-order valence-corrected chi connectivity index (χ4v) is 4.84. The van der Waals surface area contributed by atoms with Gasteiger partial charge in [0, 0.05) is 5.57 Å². The molecule has 0 saturated heterocycles. The maximum Gasteiger partial charge on any atom is 0.335 e. The van der Waals surface area contributed by atoms with Gasteiger partial charge in [0.25, 0.3) is 5.91 Å². The lowest BCUT2D eigenvalue weighted by molar-refractivity contribution is -0.150. The van der Waals surface area contributed by atoms with Crippen LogP contribution in [-0.4, -0.2) is 17.5 Å². The van der Waals surface area contributed by atoms with Crippen molar-refractivity contribution < 1.29 is 14.3 Å². The first-order valence-corrected chi connectivity index (χ1v) is 9.83. The largest absolute Gasteiger partial charge is 0.451 e. The Bertz CT molecular complexity index is 771. The van der Waals surface area contributed by atoms with Crippen molar-refractivity contribution in [2.45, 2.75) is 70.4 Å². The van der Waals surface area contributed by atoms with E-state index in [1.54, 1.807) is 6.92 Å². The minimum atomic E-state index is -0.702. The van der Waals surface area contributed by atoms with Gasteiger partial charge in [-0.2, -0.15) is 0 Å². The molecule has 1 aromatic carbocycles. The highest BCUT2D eigenvalue weighted by Crippen LogP contribution is 2.45. The van der Waals surface area contributed by atoms with Gasteiger partial charge in [0.15, 0.2) is 0 Å². The molecule has 1 aliphatic heterocycles. The summed E-state index contributed by atoms with van der Waals surface area (Å²) in [4.78, 5) is 25.5. The van der Waals surface area contributed by atoms with Crippen LogP contribution in [0.5, 0.6) is 0 Å². The van der Waals surface area contributed by atoms with Gasteiger partial charge in [-0.25, -0.2) is 4.79 Å². The third-order valence-corrected chi connectivity index (χ3v) is 6.41. The second-order valence-electron chi connectivity index (χ2n) is 8.18. The number of hydrogen-bond acceptors (Lipinski definition) is 3. The van der Waals surface area contributed by atoms with Crippen LogP contribution in [0.25, 0.3) is 0 Å². The minimum Gasteiger partial charge on any atom is -0.451 e. The predicted octanol–water partition coefficient (Wildman–Crippen LogP) is 4.00. The number of esters is 1. The second kappa shape index (κ2) is 6.57. The molecule has 0 radical (unpaired) electrons.